The number of azo groups is 1. The topological polar surface area (TPSA) is 107 Å². The maximum absolute atomic E-state index is 9.37. The highest BCUT2D eigenvalue weighted by Gasteiger charge is 2.15. The lowest BCUT2D eigenvalue weighted by atomic mass is 10.2. The Balaban J connectivity index is 1.68. The Bertz CT molecular complexity index is 1030. The first-order chi connectivity index (χ1) is 13.8. The molecule has 0 radical (unpaired) electrons. The van der Waals surface area contributed by atoms with Crippen LogP contribution in [-0.2, 0) is 0 Å². The van der Waals surface area contributed by atoms with Gasteiger partial charge in [-0.2, -0.15) is 15.0 Å². The molecule has 1 fully saturated rings. The molecule has 3 heterocycles. The molecule has 28 heavy (non-hydrogen) atoms. The number of benzene rings is 1. The van der Waals surface area contributed by atoms with Crippen molar-refractivity contribution in [1.82, 2.24) is 19.7 Å². The Labute approximate surface area is 162 Å². The Morgan fingerprint density at radius 1 is 1.14 bits per heavy atom. The summed E-state index contributed by atoms with van der Waals surface area (Å²) >= 11 is 0. The molecule has 1 aliphatic rings. The summed E-state index contributed by atoms with van der Waals surface area (Å²) < 4.78 is 1.40. The van der Waals surface area contributed by atoms with E-state index in [1.165, 1.54) is 29.4 Å². The molecule has 0 amide bonds. The molecule has 140 valence electrons. The van der Waals surface area contributed by atoms with Crippen LogP contribution in [0.3, 0.4) is 0 Å². The smallest absolute Gasteiger partial charge is 0.252 e. The second-order valence-corrected chi connectivity index (χ2v) is 6.30. The van der Waals surface area contributed by atoms with Crippen molar-refractivity contribution in [3.8, 4) is 12.0 Å². The van der Waals surface area contributed by atoms with Crippen LogP contribution >= 0.6 is 0 Å². The molecule has 0 spiro atoms. The van der Waals surface area contributed by atoms with Crippen molar-refractivity contribution in [2.75, 3.05) is 30.4 Å². The van der Waals surface area contributed by atoms with E-state index in [2.05, 4.69) is 47.6 Å². The molecule has 0 saturated carbocycles. The Kier molecular flexibility index (Phi) is 4.93. The number of anilines is 2. The fourth-order valence-electron chi connectivity index (χ4n) is 3.15. The van der Waals surface area contributed by atoms with E-state index in [4.69, 9.17) is 0 Å². The summed E-state index contributed by atoms with van der Waals surface area (Å²) in [5.74, 6) is 0.621. The minimum Gasteiger partial charge on any atom is -0.386 e. The molecule has 1 aliphatic heterocycles. The predicted octanol–water partition coefficient (Wildman–Crippen LogP) is 3.59. The molecular weight excluding hydrogens is 354 g/mol. The second kappa shape index (κ2) is 7.84. The maximum Gasteiger partial charge on any atom is 0.252 e. The number of aromatic nitrogens is 4. The predicted molar refractivity (Wildman–Crippen MR) is 105 cm³/mol. The van der Waals surface area contributed by atoms with Crippen LogP contribution in [-0.4, -0.2) is 39.9 Å². The van der Waals surface area contributed by atoms with E-state index < -0.39 is 0 Å². The summed E-state index contributed by atoms with van der Waals surface area (Å²) in [4.78, 5) is 10.7. The van der Waals surface area contributed by atoms with E-state index in [1.807, 2.05) is 19.2 Å². The first kappa shape index (κ1) is 17.6. The van der Waals surface area contributed by atoms with Crippen molar-refractivity contribution in [3.63, 3.8) is 0 Å². The quantitative estimate of drug-likeness (QED) is 0.685. The van der Waals surface area contributed by atoms with Crippen LogP contribution in [0.4, 0.5) is 22.9 Å². The third-order valence-electron chi connectivity index (χ3n) is 4.58. The van der Waals surface area contributed by atoms with Crippen molar-refractivity contribution < 1.29 is 0 Å². The van der Waals surface area contributed by atoms with Gasteiger partial charge in [0.25, 0.3) is 5.95 Å². The van der Waals surface area contributed by atoms with Crippen LogP contribution in [0.1, 0.15) is 18.4 Å². The van der Waals surface area contributed by atoms with Gasteiger partial charge in [0.2, 0.25) is 0 Å². The molecule has 1 saturated heterocycles. The van der Waals surface area contributed by atoms with E-state index >= 15 is 0 Å². The van der Waals surface area contributed by atoms with Gasteiger partial charge in [0.1, 0.15) is 17.3 Å². The van der Waals surface area contributed by atoms with Crippen molar-refractivity contribution >= 4 is 22.9 Å². The molecule has 0 atom stereocenters. The highest BCUT2D eigenvalue weighted by Crippen LogP contribution is 2.33. The maximum atomic E-state index is 9.37. The van der Waals surface area contributed by atoms with Crippen LogP contribution in [0.5, 0.6) is 0 Å². The highest BCUT2D eigenvalue weighted by atomic mass is 15.4. The van der Waals surface area contributed by atoms with Crippen LogP contribution in [0.25, 0.3) is 5.95 Å². The zero-order valence-corrected chi connectivity index (χ0v) is 15.4. The molecule has 3 aromatic rings. The zero-order chi connectivity index (χ0) is 19.3. The molecule has 9 heteroatoms. The molecule has 2 aromatic heterocycles. The minimum absolute atomic E-state index is 0.291. The second-order valence-electron chi connectivity index (χ2n) is 6.30. The van der Waals surface area contributed by atoms with Crippen LogP contribution < -0.4 is 10.2 Å². The van der Waals surface area contributed by atoms with Gasteiger partial charge in [-0.15, -0.1) is 10.2 Å². The lowest BCUT2D eigenvalue weighted by Gasteiger charge is -2.19. The van der Waals surface area contributed by atoms with Gasteiger partial charge in [-0.05, 0) is 37.1 Å². The lowest BCUT2D eigenvalue weighted by Crippen LogP contribution is -2.17. The number of hydrogen-bond acceptors (Lipinski definition) is 8. The molecular formula is C19H19N9. The van der Waals surface area contributed by atoms with Crippen molar-refractivity contribution in [3.05, 3.63) is 48.4 Å². The lowest BCUT2D eigenvalue weighted by molar-refractivity contribution is 0.803. The zero-order valence-electron chi connectivity index (χ0n) is 15.4. The molecule has 1 aromatic carbocycles. The van der Waals surface area contributed by atoms with Crippen LogP contribution in [0.15, 0.2) is 53.1 Å². The standard InChI is InChI=1S/C19H19N9/c1-21-17-11-15(27-9-2-3-10-27)5-6-16(17)25-26-18-14(12-20)13-24-28(18)19-22-7-4-8-23-19/h4-8,11,13,21H,2-3,9-10H2,1H3. The molecule has 4 rings (SSSR count). The van der Waals surface area contributed by atoms with Crippen molar-refractivity contribution in [1.29, 1.82) is 5.26 Å². The number of nitrogens with zero attached hydrogens (tertiary/aromatic N) is 8. The van der Waals surface area contributed by atoms with E-state index in [0.717, 1.165) is 18.8 Å². The summed E-state index contributed by atoms with van der Waals surface area (Å²) in [6.45, 7) is 2.15. The molecule has 9 nitrogen and oxygen atoms in total. The molecule has 0 bridgehead atoms. The number of rotatable bonds is 5. The van der Waals surface area contributed by atoms with Crippen molar-refractivity contribution in [2.45, 2.75) is 12.8 Å². The summed E-state index contributed by atoms with van der Waals surface area (Å²) in [7, 11) is 1.85. The SMILES string of the molecule is CNc1cc(N2CCCC2)ccc1N=Nc1c(C#N)cnn1-c1ncccn1. The fourth-order valence-corrected chi connectivity index (χ4v) is 3.15. The van der Waals surface area contributed by atoms with Gasteiger partial charge in [0.15, 0.2) is 5.82 Å². The van der Waals surface area contributed by atoms with Gasteiger partial charge in [0, 0.05) is 38.2 Å². The van der Waals surface area contributed by atoms with Gasteiger partial charge >= 0.3 is 0 Å². The summed E-state index contributed by atoms with van der Waals surface area (Å²) in [5, 5.41) is 25.4. The molecule has 0 aliphatic carbocycles. The van der Waals surface area contributed by atoms with Gasteiger partial charge < -0.3 is 10.2 Å². The number of nitriles is 1. The number of hydrogen-bond donors (Lipinski definition) is 1. The Morgan fingerprint density at radius 2 is 1.93 bits per heavy atom. The fraction of sp³-hybridized carbons (Fsp3) is 0.263. The Morgan fingerprint density at radius 3 is 2.64 bits per heavy atom. The normalized spacial score (nSPS) is 13.8. The summed E-state index contributed by atoms with van der Waals surface area (Å²) in [5.41, 5.74) is 3.02. The van der Waals surface area contributed by atoms with Crippen LogP contribution in [0.2, 0.25) is 0 Å². The van der Waals surface area contributed by atoms with Gasteiger partial charge in [-0.25, -0.2) is 9.97 Å². The third kappa shape index (κ3) is 3.40. The summed E-state index contributed by atoms with van der Waals surface area (Å²) in [6.07, 6.45) is 7.08. The molecule has 0 unspecified atom stereocenters. The van der Waals surface area contributed by atoms with Gasteiger partial charge in [-0.3, -0.25) is 0 Å². The van der Waals surface area contributed by atoms with E-state index in [0.29, 0.717) is 23.0 Å². The molecule has 1 N–H and O–H groups in total. The van der Waals surface area contributed by atoms with Crippen molar-refractivity contribution in [2.24, 2.45) is 10.2 Å². The van der Waals surface area contributed by atoms with Gasteiger partial charge in [-0.1, -0.05) is 0 Å². The van der Waals surface area contributed by atoms with E-state index in [-0.39, 0.29) is 0 Å². The first-order valence-electron chi connectivity index (χ1n) is 9.04. The average molecular weight is 373 g/mol. The van der Waals surface area contributed by atoms with Gasteiger partial charge in [0.05, 0.1) is 11.9 Å². The monoisotopic (exact) mass is 373 g/mol. The number of nitrogens with one attached hydrogen (secondary N) is 1. The summed E-state index contributed by atoms with van der Waals surface area (Å²) in [6, 6.07) is 9.83. The highest BCUT2D eigenvalue weighted by molar-refractivity contribution is 5.71. The van der Waals surface area contributed by atoms with E-state index in [9.17, 15) is 5.26 Å². The van der Waals surface area contributed by atoms with Crippen LogP contribution in [0, 0.1) is 11.3 Å². The largest absolute Gasteiger partial charge is 0.386 e. The Hall–Kier alpha value is -3.80. The third-order valence-corrected chi connectivity index (χ3v) is 4.58. The first-order valence-corrected chi connectivity index (χ1v) is 9.04. The van der Waals surface area contributed by atoms with E-state index in [1.54, 1.807) is 18.5 Å². The average Bonchev–Trinajstić information content (AvgIpc) is 3.42. The minimum atomic E-state index is 0.291.